The van der Waals surface area contributed by atoms with Crippen molar-refractivity contribution in [3.05, 3.63) is 16.6 Å². The molecule has 0 spiro atoms. The van der Waals surface area contributed by atoms with Crippen LogP contribution in [0, 0.1) is 0 Å². The number of aromatic amines is 1. The van der Waals surface area contributed by atoms with Crippen molar-refractivity contribution in [1.82, 2.24) is 20.0 Å². The number of nitrogens with zero attached hydrogens (tertiary/aromatic N) is 5. The van der Waals surface area contributed by atoms with Crippen LogP contribution >= 0.6 is 0 Å². The van der Waals surface area contributed by atoms with Crippen molar-refractivity contribution in [2.24, 2.45) is 0 Å². The van der Waals surface area contributed by atoms with Gasteiger partial charge in [-0.15, -0.1) is 0 Å². The van der Waals surface area contributed by atoms with E-state index >= 15 is 0 Å². The Hall–Kier alpha value is -1.60. The fourth-order valence-corrected chi connectivity index (χ4v) is 3.00. The molecule has 0 saturated carbocycles. The SMILES string of the molecule is CN1CCN(c2cn[nH]c(=O)c2N2CCN(C)CC2)CC1. The molecule has 2 aliphatic rings. The quantitative estimate of drug-likeness (QED) is 0.776. The van der Waals surface area contributed by atoms with Gasteiger partial charge in [-0.3, -0.25) is 4.79 Å². The summed E-state index contributed by atoms with van der Waals surface area (Å²) in [5.74, 6) is 0. The Morgan fingerprint density at radius 2 is 1.43 bits per heavy atom. The molecular formula is C14H24N6O. The van der Waals surface area contributed by atoms with Crippen molar-refractivity contribution >= 4 is 11.4 Å². The van der Waals surface area contributed by atoms with Crippen molar-refractivity contribution in [1.29, 1.82) is 0 Å². The number of nitrogens with one attached hydrogen (secondary N) is 1. The maximum atomic E-state index is 12.3. The molecule has 21 heavy (non-hydrogen) atoms. The number of piperazine rings is 2. The van der Waals surface area contributed by atoms with Gasteiger partial charge in [0.1, 0.15) is 5.69 Å². The van der Waals surface area contributed by atoms with Gasteiger partial charge in [0.15, 0.2) is 0 Å². The summed E-state index contributed by atoms with van der Waals surface area (Å²) < 4.78 is 0. The second kappa shape index (κ2) is 6.03. The number of likely N-dealkylation sites (N-methyl/N-ethyl adjacent to an activating group) is 2. The number of H-pyrrole nitrogens is 1. The first-order valence-electron chi connectivity index (χ1n) is 7.60. The van der Waals surface area contributed by atoms with Gasteiger partial charge in [-0.25, -0.2) is 5.10 Å². The van der Waals surface area contributed by atoms with E-state index in [0.717, 1.165) is 63.7 Å². The molecule has 7 nitrogen and oxygen atoms in total. The second-order valence-electron chi connectivity index (χ2n) is 6.01. The summed E-state index contributed by atoms with van der Waals surface area (Å²) >= 11 is 0. The summed E-state index contributed by atoms with van der Waals surface area (Å²) in [5.41, 5.74) is 1.70. The second-order valence-corrected chi connectivity index (χ2v) is 6.01. The maximum absolute atomic E-state index is 12.3. The topological polar surface area (TPSA) is 58.7 Å². The standard InChI is InChI=1S/C14H24N6O/c1-17-3-7-19(8-4-17)12-11-15-16-14(21)13(12)20-9-5-18(2)6-10-20/h11H,3-10H2,1-2H3,(H,16,21). The van der Waals surface area contributed by atoms with E-state index in [4.69, 9.17) is 0 Å². The van der Waals surface area contributed by atoms with Crippen molar-refractivity contribution in [2.75, 3.05) is 76.3 Å². The lowest BCUT2D eigenvalue weighted by Crippen LogP contribution is -2.49. The molecule has 3 heterocycles. The van der Waals surface area contributed by atoms with Gasteiger partial charge < -0.3 is 19.6 Å². The zero-order valence-electron chi connectivity index (χ0n) is 12.9. The lowest BCUT2D eigenvalue weighted by molar-refractivity contribution is 0.309. The Balaban J connectivity index is 1.87. The van der Waals surface area contributed by atoms with Crippen molar-refractivity contribution in [3.8, 4) is 0 Å². The van der Waals surface area contributed by atoms with Gasteiger partial charge in [0.2, 0.25) is 0 Å². The third kappa shape index (κ3) is 3.03. The summed E-state index contributed by atoms with van der Waals surface area (Å²) in [7, 11) is 4.25. The van der Waals surface area contributed by atoms with Crippen molar-refractivity contribution in [2.45, 2.75) is 0 Å². The molecule has 1 aromatic rings. The predicted molar refractivity (Wildman–Crippen MR) is 84.3 cm³/mol. The minimum atomic E-state index is -0.0732. The van der Waals surface area contributed by atoms with Gasteiger partial charge in [-0.05, 0) is 14.1 Å². The van der Waals surface area contributed by atoms with Crippen LogP contribution < -0.4 is 15.4 Å². The van der Waals surface area contributed by atoms with Gasteiger partial charge in [-0.2, -0.15) is 5.10 Å². The Kier molecular flexibility index (Phi) is 4.12. The van der Waals surface area contributed by atoms with E-state index in [-0.39, 0.29) is 5.56 Å². The Labute approximate surface area is 125 Å². The average molecular weight is 292 g/mol. The van der Waals surface area contributed by atoms with E-state index in [9.17, 15) is 4.79 Å². The number of hydrogen-bond acceptors (Lipinski definition) is 6. The fraction of sp³-hybridized carbons (Fsp3) is 0.714. The van der Waals surface area contributed by atoms with Crippen LogP contribution in [-0.4, -0.2) is 86.5 Å². The van der Waals surface area contributed by atoms with Crippen LogP contribution in [0.25, 0.3) is 0 Å². The van der Waals surface area contributed by atoms with Crippen molar-refractivity contribution < 1.29 is 0 Å². The molecule has 7 heteroatoms. The van der Waals surface area contributed by atoms with E-state index in [1.165, 1.54) is 0 Å². The van der Waals surface area contributed by atoms with E-state index in [2.05, 4.69) is 43.9 Å². The van der Waals surface area contributed by atoms with Crippen LogP contribution in [0.5, 0.6) is 0 Å². The van der Waals surface area contributed by atoms with Crippen molar-refractivity contribution in [3.63, 3.8) is 0 Å². The number of aromatic nitrogens is 2. The molecule has 2 fully saturated rings. The summed E-state index contributed by atoms with van der Waals surface area (Å²) in [5, 5.41) is 6.62. The van der Waals surface area contributed by atoms with Crippen LogP contribution in [0.15, 0.2) is 11.0 Å². The molecule has 0 bridgehead atoms. The lowest BCUT2D eigenvalue weighted by atomic mass is 10.2. The van der Waals surface area contributed by atoms with E-state index < -0.39 is 0 Å². The van der Waals surface area contributed by atoms with Gasteiger partial charge >= 0.3 is 0 Å². The Bertz CT molecular complexity index is 529. The summed E-state index contributed by atoms with van der Waals surface area (Å²) in [6.07, 6.45) is 1.81. The summed E-state index contributed by atoms with van der Waals surface area (Å²) in [6.45, 7) is 7.71. The van der Waals surface area contributed by atoms with E-state index in [1.807, 2.05) is 0 Å². The Morgan fingerprint density at radius 1 is 0.905 bits per heavy atom. The fourth-order valence-electron chi connectivity index (χ4n) is 3.00. The monoisotopic (exact) mass is 292 g/mol. The molecular weight excluding hydrogens is 268 g/mol. The molecule has 0 atom stereocenters. The highest BCUT2D eigenvalue weighted by Crippen LogP contribution is 2.26. The Morgan fingerprint density at radius 3 is 2.00 bits per heavy atom. The molecule has 2 aliphatic heterocycles. The van der Waals surface area contributed by atoms with E-state index in [0.29, 0.717) is 0 Å². The lowest BCUT2D eigenvalue weighted by Gasteiger charge is -2.38. The smallest absolute Gasteiger partial charge is 0.289 e. The molecule has 116 valence electrons. The molecule has 3 rings (SSSR count). The van der Waals surface area contributed by atoms with E-state index in [1.54, 1.807) is 6.20 Å². The molecule has 2 saturated heterocycles. The largest absolute Gasteiger partial charge is 0.366 e. The number of rotatable bonds is 2. The van der Waals surface area contributed by atoms with Gasteiger partial charge in [0, 0.05) is 52.4 Å². The highest BCUT2D eigenvalue weighted by molar-refractivity contribution is 5.69. The third-order valence-corrected chi connectivity index (χ3v) is 4.47. The van der Waals surface area contributed by atoms with Gasteiger partial charge in [0.25, 0.3) is 5.56 Å². The van der Waals surface area contributed by atoms with Crippen LogP contribution in [0.1, 0.15) is 0 Å². The average Bonchev–Trinajstić information content (AvgIpc) is 2.49. The van der Waals surface area contributed by atoms with Crippen LogP contribution in [-0.2, 0) is 0 Å². The normalized spacial score (nSPS) is 21.8. The maximum Gasteiger partial charge on any atom is 0.289 e. The zero-order chi connectivity index (χ0) is 14.8. The molecule has 0 aromatic carbocycles. The van der Waals surface area contributed by atoms with Crippen LogP contribution in [0.4, 0.5) is 11.4 Å². The van der Waals surface area contributed by atoms with Gasteiger partial charge in [0.05, 0.1) is 11.9 Å². The molecule has 0 unspecified atom stereocenters. The first-order valence-corrected chi connectivity index (χ1v) is 7.60. The zero-order valence-corrected chi connectivity index (χ0v) is 12.9. The molecule has 0 radical (unpaired) electrons. The minimum Gasteiger partial charge on any atom is -0.366 e. The molecule has 1 aromatic heterocycles. The summed E-state index contributed by atoms with van der Waals surface area (Å²) in [4.78, 5) is 21.4. The van der Waals surface area contributed by atoms with Gasteiger partial charge in [-0.1, -0.05) is 0 Å². The first-order chi connectivity index (χ1) is 10.1. The van der Waals surface area contributed by atoms with Crippen LogP contribution in [0.3, 0.4) is 0 Å². The van der Waals surface area contributed by atoms with Crippen LogP contribution in [0.2, 0.25) is 0 Å². The molecule has 0 amide bonds. The molecule has 1 N–H and O–H groups in total. The molecule has 0 aliphatic carbocycles. The summed E-state index contributed by atoms with van der Waals surface area (Å²) in [6, 6.07) is 0. The highest BCUT2D eigenvalue weighted by Gasteiger charge is 2.24. The number of anilines is 2. The first kappa shape index (κ1) is 14.3. The third-order valence-electron chi connectivity index (χ3n) is 4.47. The predicted octanol–water partition coefficient (Wildman–Crippen LogP) is -0.726. The minimum absolute atomic E-state index is 0.0732. The number of hydrogen-bond donors (Lipinski definition) is 1. The highest BCUT2D eigenvalue weighted by atomic mass is 16.1.